The molecule has 1 fully saturated rings. The maximum atomic E-state index is 12.7. The fraction of sp³-hybridized carbons (Fsp3) is 0.750. The van der Waals surface area contributed by atoms with E-state index >= 15 is 0 Å². The normalized spacial score (nSPS) is 28.4. The van der Waals surface area contributed by atoms with Crippen LogP contribution in [0.2, 0.25) is 0 Å². The molecule has 1 amide bonds. The van der Waals surface area contributed by atoms with Gasteiger partial charge < -0.3 is 10.0 Å². The molecule has 20 heavy (non-hydrogen) atoms. The molecule has 0 radical (unpaired) electrons. The van der Waals surface area contributed by atoms with Crippen LogP contribution in [0.4, 0.5) is 0 Å². The summed E-state index contributed by atoms with van der Waals surface area (Å²) in [6, 6.07) is 0.0648. The largest absolute Gasteiger partial charge is 0.367 e. The Balaban J connectivity index is 2.38. The van der Waals surface area contributed by atoms with Crippen molar-refractivity contribution in [3.8, 4) is 0 Å². The molecule has 1 atom stereocenters. The molecule has 2 aliphatic rings. The lowest BCUT2D eigenvalue weighted by Gasteiger charge is -2.40. The number of aliphatic hydroxyl groups is 1. The Morgan fingerprint density at radius 2 is 1.95 bits per heavy atom. The number of amides is 1. The van der Waals surface area contributed by atoms with Crippen molar-refractivity contribution >= 4 is 11.7 Å². The predicted molar refractivity (Wildman–Crippen MR) is 77.0 cm³/mol. The number of Topliss-reactive ketones (excluding diaryl/α,β-unsaturated/α-hetero) is 1. The lowest BCUT2D eigenvalue weighted by molar-refractivity contribution is -0.148. The first kappa shape index (κ1) is 15.2. The number of rotatable bonds is 4. The van der Waals surface area contributed by atoms with E-state index in [0.29, 0.717) is 17.6 Å². The monoisotopic (exact) mass is 279 g/mol. The summed E-state index contributed by atoms with van der Waals surface area (Å²) in [4.78, 5) is 26.2. The summed E-state index contributed by atoms with van der Waals surface area (Å²) in [5.41, 5.74) is -0.597. The summed E-state index contributed by atoms with van der Waals surface area (Å²) in [5.74, 6) is -0.320. The zero-order valence-corrected chi connectivity index (χ0v) is 12.7. The van der Waals surface area contributed by atoms with E-state index in [1.165, 1.54) is 13.3 Å². The van der Waals surface area contributed by atoms with Gasteiger partial charge in [-0.05, 0) is 33.1 Å². The van der Waals surface area contributed by atoms with Crippen LogP contribution in [0.1, 0.15) is 65.7 Å². The SMILES string of the molecule is CCCC1=C(C(C)=O)C(C)(O)N(C2CCCCC2)C1=O. The second kappa shape index (κ2) is 5.68. The molecule has 1 saturated carbocycles. The Morgan fingerprint density at radius 3 is 2.45 bits per heavy atom. The highest BCUT2D eigenvalue weighted by molar-refractivity contribution is 6.10. The van der Waals surface area contributed by atoms with E-state index < -0.39 is 5.72 Å². The van der Waals surface area contributed by atoms with Gasteiger partial charge in [0.15, 0.2) is 11.5 Å². The van der Waals surface area contributed by atoms with Crippen LogP contribution in [-0.2, 0) is 9.59 Å². The van der Waals surface area contributed by atoms with Crippen LogP contribution in [0.15, 0.2) is 11.1 Å². The van der Waals surface area contributed by atoms with Gasteiger partial charge in [0.05, 0.1) is 5.57 Å². The number of carbonyl (C=O) groups excluding carboxylic acids is 2. The molecule has 1 N–H and O–H groups in total. The average Bonchev–Trinajstić information content (AvgIpc) is 2.57. The van der Waals surface area contributed by atoms with E-state index in [-0.39, 0.29) is 17.7 Å². The lowest BCUT2D eigenvalue weighted by Crippen LogP contribution is -2.53. The topological polar surface area (TPSA) is 57.6 Å². The summed E-state index contributed by atoms with van der Waals surface area (Å²) in [5, 5.41) is 10.8. The van der Waals surface area contributed by atoms with Crippen molar-refractivity contribution in [3.05, 3.63) is 11.1 Å². The fourth-order valence-electron chi connectivity index (χ4n) is 3.74. The van der Waals surface area contributed by atoms with E-state index in [2.05, 4.69) is 0 Å². The summed E-state index contributed by atoms with van der Waals surface area (Å²) in [7, 11) is 0. The molecule has 0 saturated heterocycles. The molecule has 4 nitrogen and oxygen atoms in total. The molecule has 0 aromatic carbocycles. The third kappa shape index (κ3) is 2.41. The molecule has 4 heteroatoms. The first-order valence-corrected chi connectivity index (χ1v) is 7.71. The van der Waals surface area contributed by atoms with Gasteiger partial charge in [-0.15, -0.1) is 0 Å². The van der Waals surface area contributed by atoms with Crippen molar-refractivity contribution in [3.63, 3.8) is 0 Å². The van der Waals surface area contributed by atoms with Gasteiger partial charge in [0.1, 0.15) is 0 Å². The maximum absolute atomic E-state index is 12.7. The number of ketones is 1. The molecule has 0 aromatic heterocycles. The van der Waals surface area contributed by atoms with Crippen LogP contribution in [0.5, 0.6) is 0 Å². The molecule has 2 rings (SSSR count). The first-order valence-electron chi connectivity index (χ1n) is 7.71. The lowest BCUT2D eigenvalue weighted by atomic mass is 9.92. The van der Waals surface area contributed by atoms with Gasteiger partial charge in [-0.25, -0.2) is 0 Å². The molecule has 1 heterocycles. The van der Waals surface area contributed by atoms with Gasteiger partial charge in [-0.1, -0.05) is 32.6 Å². The van der Waals surface area contributed by atoms with Crippen LogP contribution >= 0.6 is 0 Å². The molecule has 1 unspecified atom stereocenters. The van der Waals surface area contributed by atoms with E-state index in [4.69, 9.17) is 0 Å². The molecule has 1 aliphatic carbocycles. The minimum Gasteiger partial charge on any atom is -0.367 e. The highest BCUT2D eigenvalue weighted by atomic mass is 16.3. The highest BCUT2D eigenvalue weighted by Gasteiger charge is 2.50. The van der Waals surface area contributed by atoms with E-state index in [1.54, 1.807) is 11.8 Å². The van der Waals surface area contributed by atoms with E-state index in [1.807, 2.05) is 6.92 Å². The van der Waals surface area contributed by atoms with Crippen molar-refractivity contribution in [2.45, 2.75) is 77.5 Å². The van der Waals surface area contributed by atoms with Gasteiger partial charge >= 0.3 is 0 Å². The standard InChI is InChI=1S/C16H25NO3/c1-4-8-13-14(11(2)18)16(3,20)17(15(13)19)12-9-6-5-7-10-12/h12,20H,4-10H2,1-3H3. The molecular weight excluding hydrogens is 254 g/mol. The van der Waals surface area contributed by atoms with Crippen LogP contribution in [0.3, 0.4) is 0 Å². The number of hydrogen-bond donors (Lipinski definition) is 1. The predicted octanol–water partition coefficient (Wildman–Crippen LogP) is 2.56. The average molecular weight is 279 g/mol. The maximum Gasteiger partial charge on any atom is 0.253 e. The van der Waals surface area contributed by atoms with Crippen LogP contribution in [-0.4, -0.2) is 33.5 Å². The third-order valence-electron chi connectivity index (χ3n) is 4.51. The van der Waals surface area contributed by atoms with E-state index in [9.17, 15) is 14.7 Å². The molecule has 0 spiro atoms. The Kier molecular flexibility index (Phi) is 4.33. The fourth-order valence-corrected chi connectivity index (χ4v) is 3.74. The van der Waals surface area contributed by atoms with Gasteiger partial charge in [0.2, 0.25) is 0 Å². The van der Waals surface area contributed by atoms with Gasteiger partial charge in [0.25, 0.3) is 5.91 Å². The molecule has 112 valence electrons. The zero-order valence-electron chi connectivity index (χ0n) is 12.7. The van der Waals surface area contributed by atoms with Gasteiger partial charge in [-0.3, -0.25) is 9.59 Å². The van der Waals surface area contributed by atoms with Gasteiger partial charge in [0, 0.05) is 11.6 Å². The third-order valence-corrected chi connectivity index (χ3v) is 4.51. The summed E-state index contributed by atoms with van der Waals surface area (Å²) in [6.45, 7) is 5.02. The quantitative estimate of drug-likeness (QED) is 0.860. The number of hydrogen-bond acceptors (Lipinski definition) is 3. The van der Waals surface area contributed by atoms with Crippen molar-refractivity contribution in [2.24, 2.45) is 0 Å². The Bertz CT molecular complexity index is 445. The van der Waals surface area contributed by atoms with Crippen molar-refractivity contribution < 1.29 is 14.7 Å². The highest BCUT2D eigenvalue weighted by Crippen LogP contribution is 2.40. The zero-order chi connectivity index (χ0) is 14.9. The molecule has 1 aliphatic heterocycles. The minimum atomic E-state index is -1.44. The Morgan fingerprint density at radius 1 is 1.35 bits per heavy atom. The van der Waals surface area contributed by atoms with Crippen molar-refractivity contribution in [1.82, 2.24) is 4.90 Å². The molecular formula is C16H25NO3. The van der Waals surface area contributed by atoms with E-state index in [0.717, 1.165) is 32.1 Å². The summed E-state index contributed by atoms with van der Waals surface area (Å²) < 4.78 is 0. The summed E-state index contributed by atoms with van der Waals surface area (Å²) in [6.07, 6.45) is 6.57. The smallest absolute Gasteiger partial charge is 0.253 e. The Hall–Kier alpha value is -1.16. The van der Waals surface area contributed by atoms with Crippen LogP contribution in [0, 0.1) is 0 Å². The summed E-state index contributed by atoms with van der Waals surface area (Å²) >= 11 is 0. The first-order chi connectivity index (χ1) is 9.41. The second-order valence-electron chi connectivity index (χ2n) is 6.15. The van der Waals surface area contributed by atoms with Crippen molar-refractivity contribution in [2.75, 3.05) is 0 Å². The molecule has 0 aromatic rings. The van der Waals surface area contributed by atoms with Gasteiger partial charge in [-0.2, -0.15) is 0 Å². The number of carbonyl (C=O) groups is 2. The van der Waals surface area contributed by atoms with Crippen LogP contribution in [0.25, 0.3) is 0 Å². The van der Waals surface area contributed by atoms with Crippen LogP contribution < -0.4 is 0 Å². The number of nitrogens with zero attached hydrogens (tertiary/aromatic N) is 1. The molecule has 0 bridgehead atoms. The van der Waals surface area contributed by atoms with Crippen molar-refractivity contribution in [1.29, 1.82) is 0 Å². The Labute approximate surface area is 120 Å². The minimum absolute atomic E-state index is 0.0648. The second-order valence-corrected chi connectivity index (χ2v) is 6.15.